The molecule has 4 nitrogen and oxygen atoms in total. The van der Waals surface area contributed by atoms with Crippen LogP contribution in [0.2, 0.25) is 0 Å². The summed E-state index contributed by atoms with van der Waals surface area (Å²) in [5, 5.41) is 19.9. The van der Waals surface area contributed by atoms with Gasteiger partial charge >= 0.3 is 5.97 Å². The molecule has 0 saturated carbocycles. The van der Waals surface area contributed by atoms with Gasteiger partial charge in [-0.2, -0.15) is 0 Å². The monoisotopic (exact) mass is 392 g/mol. The first-order chi connectivity index (χ1) is 14.0. The molecule has 152 valence electrons. The van der Waals surface area contributed by atoms with Crippen molar-refractivity contribution in [2.75, 3.05) is 6.61 Å². The van der Waals surface area contributed by atoms with E-state index >= 15 is 0 Å². The predicted molar refractivity (Wildman–Crippen MR) is 115 cm³/mol. The molecule has 29 heavy (non-hydrogen) atoms. The summed E-state index contributed by atoms with van der Waals surface area (Å²) in [4.78, 5) is 11.8. The van der Waals surface area contributed by atoms with Crippen molar-refractivity contribution in [3.05, 3.63) is 71.3 Å². The number of benzene rings is 2. The molecule has 1 aliphatic carbocycles. The van der Waals surface area contributed by atoms with Crippen molar-refractivity contribution in [3.8, 4) is 16.9 Å². The van der Waals surface area contributed by atoms with E-state index < -0.39 is 0 Å². The quantitative estimate of drug-likeness (QED) is 0.649. The highest BCUT2D eigenvalue weighted by Gasteiger charge is 2.15. The summed E-state index contributed by atoms with van der Waals surface area (Å²) in [6.07, 6.45) is 8.06. The maximum Gasteiger partial charge on any atom is 0.306 e. The van der Waals surface area contributed by atoms with Gasteiger partial charge in [-0.3, -0.25) is 4.79 Å². The summed E-state index contributed by atoms with van der Waals surface area (Å²) in [5.41, 5.74) is 5.95. The lowest BCUT2D eigenvalue weighted by Crippen LogP contribution is -2.06. The number of carbonyl (C=O) groups is 1. The Hall–Kier alpha value is -2.85. The molecular formula is C25H28O4. The maximum atomic E-state index is 11.8. The van der Waals surface area contributed by atoms with Crippen LogP contribution < -0.4 is 0 Å². The minimum absolute atomic E-state index is 0.0468. The van der Waals surface area contributed by atoms with Crippen LogP contribution in [-0.2, 0) is 22.6 Å². The number of carbonyl (C=O) groups excluding carboxylic acids is 1. The van der Waals surface area contributed by atoms with E-state index in [1.807, 2.05) is 18.2 Å². The average molecular weight is 392 g/mol. The number of esters is 1. The first-order valence-electron chi connectivity index (χ1n) is 10.1. The fourth-order valence-corrected chi connectivity index (χ4v) is 3.79. The van der Waals surface area contributed by atoms with Crippen molar-refractivity contribution in [2.45, 2.75) is 39.7 Å². The molecule has 1 unspecified atom stereocenters. The zero-order valence-corrected chi connectivity index (χ0v) is 17.0. The molecule has 0 amide bonds. The lowest BCUT2D eigenvalue weighted by atomic mass is 9.87. The van der Waals surface area contributed by atoms with Gasteiger partial charge in [0.1, 0.15) is 5.75 Å². The molecule has 1 atom stereocenters. The molecule has 2 N–H and O–H groups in total. The number of allylic oxidation sites excluding steroid dienone is 4. The molecule has 0 bridgehead atoms. The fourth-order valence-electron chi connectivity index (χ4n) is 3.79. The lowest BCUT2D eigenvalue weighted by Gasteiger charge is -2.19. The number of hydrogen-bond acceptors (Lipinski definition) is 4. The molecule has 2 aromatic rings. The van der Waals surface area contributed by atoms with Crippen LogP contribution in [0.4, 0.5) is 0 Å². The van der Waals surface area contributed by atoms with Crippen LogP contribution in [0.1, 0.15) is 43.4 Å². The molecule has 3 rings (SSSR count). The van der Waals surface area contributed by atoms with Crippen molar-refractivity contribution < 1.29 is 19.7 Å². The molecule has 0 heterocycles. The van der Waals surface area contributed by atoms with Crippen LogP contribution in [0.5, 0.6) is 5.75 Å². The number of aliphatic hydroxyl groups is 1. The summed E-state index contributed by atoms with van der Waals surface area (Å²) in [6, 6.07) is 11.3. The first-order valence-corrected chi connectivity index (χ1v) is 10.1. The largest absolute Gasteiger partial charge is 0.508 e. The average Bonchev–Trinajstić information content (AvgIpc) is 2.72. The Morgan fingerprint density at radius 3 is 2.66 bits per heavy atom. The molecule has 0 fully saturated rings. The molecular weight excluding hydrogens is 364 g/mol. The van der Waals surface area contributed by atoms with E-state index in [0.717, 1.165) is 34.2 Å². The topological polar surface area (TPSA) is 66.8 Å². The Kier molecular flexibility index (Phi) is 6.89. The van der Waals surface area contributed by atoms with Gasteiger partial charge in [0.15, 0.2) is 0 Å². The lowest BCUT2D eigenvalue weighted by molar-refractivity contribution is -0.143. The van der Waals surface area contributed by atoms with E-state index in [1.54, 1.807) is 19.1 Å². The Morgan fingerprint density at radius 2 is 1.93 bits per heavy atom. The van der Waals surface area contributed by atoms with Gasteiger partial charge in [-0.1, -0.05) is 43.4 Å². The molecule has 0 aliphatic heterocycles. The van der Waals surface area contributed by atoms with E-state index in [-0.39, 0.29) is 24.7 Å². The molecule has 1 aliphatic rings. The van der Waals surface area contributed by atoms with Crippen LogP contribution in [0.25, 0.3) is 16.7 Å². The summed E-state index contributed by atoms with van der Waals surface area (Å²) >= 11 is 0. The number of rotatable bonds is 7. The molecule has 4 heteroatoms. The van der Waals surface area contributed by atoms with Gasteiger partial charge in [0.2, 0.25) is 0 Å². The van der Waals surface area contributed by atoms with Crippen molar-refractivity contribution in [2.24, 2.45) is 5.92 Å². The number of phenols is 1. The SMILES string of the molecule is CCOC(=O)CCc1cc(O)ccc1-c1ccc(C2=CC=CC(C)C2)c(CO)c1. The fraction of sp³-hybridized carbons (Fsp3) is 0.320. The maximum absolute atomic E-state index is 11.8. The normalized spacial score (nSPS) is 15.8. The van der Waals surface area contributed by atoms with E-state index in [4.69, 9.17) is 4.74 Å². The van der Waals surface area contributed by atoms with Crippen molar-refractivity contribution in [1.82, 2.24) is 0 Å². The second kappa shape index (κ2) is 9.57. The van der Waals surface area contributed by atoms with Gasteiger partial charge in [-0.05, 0) is 77.3 Å². The zero-order valence-electron chi connectivity index (χ0n) is 17.0. The van der Waals surface area contributed by atoms with Gasteiger partial charge in [-0.15, -0.1) is 0 Å². The van der Waals surface area contributed by atoms with Gasteiger partial charge in [0, 0.05) is 6.42 Å². The third-order valence-corrected chi connectivity index (χ3v) is 5.20. The summed E-state index contributed by atoms with van der Waals surface area (Å²) in [5.74, 6) is 0.396. The molecule has 0 saturated heterocycles. The van der Waals surface area contributed by atoms with Crippen LogP contribution in [0.3, 0.4) is 0 Å². The smallest absolute Gasteiger partial charge is 0.306 e. The number of ether oxygens (including phenoxy) is 1. The zero-order chi connectivity index (χ0) is 20.8. The van der Waals surface area contributed by atoms with Crippen LogP contribution >= 0.6 is 0 Å². The summed E-state index contributed by atoms with van der Waals surface area (Å²) in [7, 11) is 0. The van der Waals surface area contributed by atoms with Gasteiger partial charge < -0.3 is 14.9 Å². The minimum atomic E-state index is -0.250. The predicted octanol–water partition coefficient (Wildman–Crippen LogP) is 5.03. The summed E-state index contributed by atoms with van der Waals surface area (Å²) in [6.45, 7) is 4.28. The standard InChI is InChI=1S/C25H28O4/c1-3-29-25(28)12-8-20-15-22(27)9-11-23(20)19-7-10-24(21(14-19)16-26)18-6-4-5-17(2)13-18/h4-7,9-11,14-15,17,26-27H,3,8,12-13,16H2,1-2H3. The highest BCUT2D eigenvalue weighted by atomic mass is 16.5. The van der Waals surface area contributed by atoms with E-state index in [0.29, 0.717) is 18.9 Å². The molecule has 2 aromatic carbocycles. The van der Waals surface area contributed by atoms with Crippen LogP contribution in [-0.4, -0.2) is 22.8 Å². The van der Waals surface area contributed by atoms with E-state index in [2.05, 4.69) is 31.2 Å². The van der Waals surface area contributed by atoms with E-state index in [9.17, 15) is 15.0 Å². The highest BCUT2D eigenvalue weighted by Crippen LogP contribution is 2.34. The number of hydrogen-bond donors (Lipinski definition) is 2. The highest BCUT2D eigenvalue weighted by molar-refractivity contribution is 5.77. The Balaban J connectivity index is 1.93. The second-order valence-electron chi connectivity index (χ2n) is 7.43. The van der Waals surface area contributed by atoms with Crippen LogP contribution in [0.15, 0.2) is 54.6 Å². The van der Waals surface area contributed by atoms with Crippen molar-refractivity contribution in [1.29, 1.82) is 0 Å². The van der Waals surface area contributed by atoms with Gasteiger partial charge in [0.05, 0.1) is 13.2 Å². The molecule has 0 aromatic heterocycles. The van der Waals surface area contributed by atoms with Crippen LogP contribution in [0, 0.1) is 5.92 Å². The number of aliphatic hydroxyl groups excluding tert-OH is 1. The molecule has 0 spiro atoms. The number of aromatic hydroxyl groups is 1. The summed E-state index contributed by atoms with van der Waals surface area (Å²) < 4.78 is 5.02. The Bertz CT molecular complexity index is 940. The molecule has 0 radical (unpaired) electrons. The third-order valence-electron chi connectivity index (χ3n) is 5.20. The van der Waals surface area contributed by atoms with Gasteiger partial charge in [0.25, 0.3) is 0 Å². The Labute approximate surface area is 172 Å². The Morgan fingerprint density at radius 1 is 1.14 bits per heavy atom. The number of phenolic OH excluding ortho intramolecular Hbond substituents is 1. The first kappa shape index (κ1) is 20.9. The third kappa shape index (κ3) is 5.15. The van der Waals surface area contributed by atoms with Crippen molar-refractivity contribution in [3.63, 3.8) is 0 Å². The number of aryl methyl sites for hydroxylation is 1. The second-order valence-corrected chi connectivity index (χ2v) is 7.43. The van der Waals surface area contributed by atoms with Crippen molar-refractivity contribution >= 4 is 11.5 Å². The van der Waals surface area contributed by atoms with Gasteiger partial charge in [-0.25, -0.2) is 0 Å². The minimum Gasteiger partial charge on any atom is -0.508 e. The van der Waals surface area contributed by atoms with E-state index in [1.165, 1.54) is 5.57 Å².